The van der Waals surface area contributed by atoms with E-state index in [-0.39, 0.29) is 0 Å². The smallest absolute Gasteiger partial charge is 0.329 e. The van der Waals surface area contributed by atoms with Crippen molar-refractivity contribution in [1.29, 1.82) is 5.26 Å². The average molecular weight is 257 g/mol. The Balaban J connectivity index is 2.69. The molecule has 0 aliphatic rings. The van der Waals surface area contributed by atoms with Crippen molar-refractivity contribution in [1.82, 2.24) is 5.32 Å². The number of hydrogen-bond acceptors (Lipinski definition) is 2. The number of nitriles is 1. The van der Waals surface area contributed by atoms with E-state index in [0.29, 0.717) is 16.8 Å². The molecular formula is C11H10F3N3O. The summed E-state index contributed by atoms with van der Waals surface area (Å²) >= 11 is 0. The van der Waals surface area contributed by atoms with E-state index in [2.05, 4.69) is 5.32 Å². The van der Waals surface area contributed by atoms with E-state index in [4.69, 9.17) is 5.26 Å². The summed E-state index contributed by atoms with van der Waals surface area (Å²) < 4.78 is 35.6. The maximum absolute atomic E-state index is 11.9. The van der Waals surface area contributed by atoms with Gasteiger partial charge in [0.2, 0.25) is 0 Å². The summed E-state index contributed by atoms with van der Waals surface area (Å²) in [7, 11) is 0. The number of amides is 2. The molecule has 18 heavy (non-hydrogen) atoms. The van der Waals surface area contributed by atoms with Crippen LogP contribution in [0.2, 0.25) is 0 Å². The first-order chi connectivity index (χ1) is 8.33. The summed E-state index contributed by atoms with van der Waals surface area (Å²) in [5.74, 6) is 0. The van der Waals surface area contributed by atoms with E-state index in [1.165, 1.54) is 12.1 Å². The molecule has 2 N–H and O–H groups in total. The standard InChI is InChI=1S/C11H10F3N3O/c1-7-8(5-15)3-2-4-9(7)17-10(18)16-6-11(12,13)14/h2-4H,6H2,1H3,(H2,16,17,18). The van der Waals surface area contributed by atoms with Crippen molar-refractivity contribution < 1.29 is 18.0 Å². The Labute approximate surface area is 101 Å². The van der Waals surface area contributed by atoms with E-state index in [1.807, 2.05) is 6.07 Å². The number of benzene rings is 1. The number of nitrogens with one attached hydrogen (secondary N) is 2. The van der Waals surface area contributed by atoms with Crippen molar-refractivity contribution >= 4 is 11.7 Å². The zero-order valence-corrected chi connectivity index (χ0v) is 9.43. The van der Waals surface area contributed by atoms with Gasteiger partial charge < -0.3 is 10.6 Å². The van der Waals surface area contributed by atoms with Crippen molar-refractivity contribution in [2.24, 2.45) is 0 Å². The number of urea groups is 1. The molecule has 0 atom stereocenters. The SMILES string of the molecule is Cc1c(C#N)cccc1NC(=O)NCC(F)(F)F. The first-order valence-corrected chi connectivity index (χ1v) is 4.95. The molecule has 0 heterocycles. The van der Waals surface area contributed by atoms with Crippen LogP contribution in [0, 0.1) is 18.3 Å². The summed E-state index contributed by atoms with van der Waals surface area (Å²) in [4.78, 5) is 11.2. The fourth-order valence-electron chi connectivity index (χ4n) is 1.24. The summed E-state index contributed by atoms with van der Waals surface area (Å²) in [5, 5.41) is 12.7. The van der Waals surface area contributed by atoms with Crippen molar-refractivity contribution in [3.05, 3.63) is 29.3 Å². The molecule has 1 aromatic carbocycles. The molecule has 0 fully saturated rings. The molecule has 0 aliphatic carbocycles. The molecule has 0 spiro atoms. The third-order valence-electron chi connectivity index (χ3n) is 2.15. The second-order valence-electron chi connectivity index (χ2n) is 3.51. The monoisotopic (exact) mass is 257 g/mol. The number of carbonyl (C=O) groups is 1. The molecular weight excluding hydrogens is 247 g/mol. The molecule has 4 nitrogen and oxygen atoms in total. The van der Waals surface area contributed by atoms with Gasteiger partial charge in [-0.2, -0.15) is 18.4 Å². The van der Waals surface area contributed by atoms with E-state index >= 15 is 0 Å². The van der Waals surface area contributed by atoms with Gasteiger partial charge in [-0.3, -0.25) is 0 Å². The van der Waals surface area contributed by atoms with Crippen molar-refractivity contribution in [3.8, 4) is 6.07 Å². The van der Waals surface area contributed by atoms with Gasteiger partial charge in [0.25, 0.3) is 0 Å². The van der Waals surface area contributed by atoms with Crippen molar-refractivity contribution in [2.45, 2.75) is 13.1 Å². The van der Waals surface area contributed by atoms with Crippen LogP contribution in [0.15, 0.2) is 18.2 Å². The topological polar surface area (TPSA) is 64.9 Å². The minimum atomic E-state index is -4.46. The highest BCUT2D eigenvalue weighted by Crippen LogP contribution is 2.18. The first kappa shape index (κ1) is 13.8. The van der Waals surface area contributed by atoms with Crippen LogP contribution in [0.3, 0.4) is 0 Å². The molecule has 1 aromatic rings. The molecule has 96 valence electrons. The Morgan fingerprint density at radius 3 is 2.67 bits per heavy atom. The van der Waals surface area contributed by atoms with Gasteiger partial charge in [0.15, 0.2) is 0 Å². The van der Waals surface area contributed by atoms with Crippen LogP contribution in [-0.2, 0) is 0 Å². The number of nitrogens with zero attached hydrogens (tertiary/aromatic N) is 1. The zero-order chi connectivity index (χ0) is 13.8. The predicted molar refractivity (Wildman–Crippen MR) is 59.0 cm³/mol. The quantitative estimate of drug-likeness (QED) is 0.855. The fourth-order valence-corrected chi connectivity index (χ4v) is 1.24. The summed E-state index contributed by atoms with van der Waals surface area (Å²) in [5.41, 5.74) is 1.15. The van der Waals surface area contributed by atoms with Gasteiger partial charge in [-0.1, -0.05) is 6.07 Å². The van der Waals surface area contributed by atoms with Crippen LogP contribution < -0.4 is 10.6 Å². The molecule has 7 heteroatoms. The maximum Gasteiger partial charge on any atom is 0.405 e. The number of alkyl halides is 3. The Bertz CT molecular complexity index is 491. The number of halogens is 3. The van der Waals surface area contributed by atoms with Gasteiger partial charge in [-0.15, -0.1) is 0 Å². The molecule has 0 unspecified atom stereocenters. The van der Waals surface area contributed by atoms with E-state index in [9.17, 15) is 18.0 Å². The highest BCUT2D eigenvalue weighted by molar-refractivity contribution is 5.90. The van der Waals surface area contributed by atoms with Gasteiger partial charge >= 0.3 is 12.2 Å². The molecule has 0 saturated heterocycles. The van der Waals surface area contributed by atoms with Crippen LogP contribution in [0.25, 0.3) is 0 Å². The average Bonchev–Trinajstić information content (AvgIpc) is 2.28. The van der Waals surface area contributed by atoms with Crippen molar-refractivity contribution in [3.63, 3.8) is 0 Å². The number of anilines is 1. The Kier molecular flexibility index (Phi) is 4.15. The van der Waals surface area contributed by atoms with Gasteiger partial charge in [-0.25, -0.2) is 4.79 Å². The van der Waals surface area contributed by atoms with E-state index in [0.717, 1.165) is 0 Å². The summed E-state index contributed by atoms with van der Waals surface area (Å²) in [6.07, 6.45) is -4.46. The van der Waals surface area contributed by atoms with Crippen LogP contribution in [-0.4, -0.2) is 18.8 Å². The lowest BCUT2D eigenvalue weighted by Gasteiger charge is -2.11. The van der Waals surface area contributed by atoms with Gasteiger partial charge in [0, 0.05) is 5.69 Å². The van der Waals surface area contributed by atoms with Crippen LogP contribution in [0.4, 0.5) is 23.7 Å². The minimum absolute atomic E-state index is 0.300. The minimum Gasteiger partial charge on any atom is -0.329 e. The third kappa shape index (κ3) is 3.97. The molecule has 1 rings (SSSR count). The Hall–Kier alpha value is -2.23. The molecule has 2 amide bonds. The third-order valence-corrected chi connectivity index (χ3v) is 2.15. The summed E-state index contributed by atoms with van der Waals surface area (Å²) in [6, 6.07) is 5.53. The number of hydrogen-bond donors (Lipinski definition) is 2. The highest BCUT2D eigenvalue weighted by Gasteiger charge is 2.27. The zero-order valence-electron chi connectivity index (χ0n) is 9.43. The Morgan fingerprint density at radius 2 is 2.11 bits per heavy atom. The maximum atomic E-state index is 11.9. The lowest BCUT2D eigenvalue weighted by molar-refractivity contribution is -0.122. The largest absolute Gasteiger partial charge is 0.405 e. The van der Waals surface area contributed by atoms with Crippen LogP contribution >= 0.6 is 0 Å². The lowest BCUT2D eigenvalue weighted by Crippen LogP contribution is -2.36. The first-order valence-electron chi connectivity index (χ1n) is 4.95. The predicted octanol–water partition coefficient (Wildman–Crippen LogP) is 2.55. The fraction of sp³-hybridized carbons (Fsp3) is 0.273. The van der Waals surface area contributed by atoms with Crippen LogP contribution in [0.5, 0.6) is 0 Å². The van der Waals surface area contributed by atoms with Crippen molar-refractivity contribution in [2.75, 3.05) is 11.9 Å². The van der Waals surface area contributed by atoms with Gasteiger partial charge in [0.1, 0.15) is 6.54 Å². The van der Waals surface area contributed by atoms with Crippen LogP contribution in [0.1, 0.15) is 11.1 Å². The van der Waals surface area contributed by atoms with Gasteiger partial charge in [0.05, 0.1) is 11.6 Å². The summed E-state index contributed by atoms with van der Waals surface area (Å²) in [6.45, 7) is 0.188. The molecule has 0 radical (unpaired) electrons. The van der Waals surface area contributed by atoms with E-state index < -0.39 is 18.8 Å². The number of rotatable bonds is 2. The second kappa shape index (κ2) is 5.40. The lowest BCUT2D eigenvalue weighted by atomic mass is 10.1. The molecule has 0 bridgehead atoms. The molecule has 0 aliphatic heterocycles. The molecule has 0 aromatic heterocycles. The normalized spacial score (nSPS) is 10.6. The second-order valence-corrected chi connectivity index (χ2v) is 3.51. The Morgan fingerprint density at radius 1 is 1.44 bits per heavy atom. The van der Waals surface area contributed by atoms with E-state index in [1.54, 1.807) is 18.3 Å². The van der Waals surface area contributed by atoms with Gasteiger partial charge in [-0.05, 0) is 24.6 Å². The molecule has 0 saturated carbocycles. The highest BCUT2D eigenvalue weighted by atomic mass is 19.4. The number of carbonyl (C=O) groups excluding carboxylic acids is 1.